The molecule has 4 rings (SSSR count). The predicted molar refractivity (Wildman–Crippen MR) is 125 cm³/mol. The standard InChI is InChI=1S/C25H25N5O2/c1-2-22(31)29-18-7-6-8-19(15-18)30-25-23(24(26)27-16-28-25)17-11-13-21(14-12-17)32-20-9-4-3-5-10-20/h1,3-5,9-14,16,18-19H,6-8,15H2,(H,29,31)(H3,26,27,28,30). The SMILES string of the molecule is C#CC(=O)NC1CCCC(Nc2ncnc(N)c2-c2ccc(Oc3ccccc3)cc2)C1. The summed E-state index contributed by atoms with van der Waals surface area (Å²) < 4.78 is 5.88. The fourth-order valence-corrected chi connectivity index (χ4v) is 3.98. The van der Waals surface area contributed by atoms with Crippen LogP contribution in [0.1, 0.15) is 25.7 Å². The summed E-state index contributed by atoms with van der Waals surface area (Å²) in [5.41, 5.74) is 7.86. The fraction of sp³-hybridized carbons (Fsp3) is 0.240. The topological polar surface area (TPSA) is 102 Å². The van der Waals surface area contributed by atoms with Crippen LogP contribution in [-0.2, 0) is 4.79 Å². The third kappa shape index (κ3) is 5.16. The predicted octanol–water partition coefficient (Wildman–Crippen LogP) is 3.99. The Kier molecular flexibility index (Phi) is 6.52. The quantitative estimate of drug-likeness (QED) is 0.514. The van der Waals surface area contributed by atoms with Crippen LogP contribution in [0.5, 0.6) is 11.5 Å². The van der Waals surface area contributed by atoms with Crippen molar-refractivity contribution in [2.45, 2.75) is 37.8 Å². The Balaban J connectivity index is 1.51. The Bertz CT molecular complexity index is 1110. The first-order valence-electron chi connectivity index (χ1n) is 10.6. The van der Waals surface area contributed by atoms with Gasteiger partial charge in [0.05, 0.1) is 5.56 Å². The van der Waals surface area contributed by atoms with E-state index in [1.165, 1.54) is 6.33 Å². The fourth-order valence-electron chi connectivity index (χ4n) is 3.98. The molecule has 4 N–H and O–H groups in total. The average Bonchev–Trinajstić information content (AvgIpc) is 2.81. The lowest BCUT2D eigenvalue weighted by molar-refractivity contribution is -0.116. The van der Waals surface area contributed by atoms with Gasteiger partial charge in [-0.15, -0.1) is 6.42 Å². The number of nitrogens with one attached hydrogen (secondary N) is 2. The van der Waals surface area contributed by atoms with Gasteiger partial charge in [0.1, 0.15) is 29.5 Å². The van der Waals surface area contributed by atoms with E-state index in [0.717, 1.165) is 48.3 Å². The molecular formula is C25H25N5O2. The second-order valence-corrected chi connectivity index (χ2v) is 7.74. The van der Waals surface area contributed by atoms with Crippen LogP contribution < -0.4 is 21.1 Å². The molecule has 1 saturated carbocycles. The summed E-state index contributed by atoms with van der Waals surface area (Å²) in [6.45, 7) is 0. The van der Waals surface area contributed by atoms with E-state index < -0.39 is 0 Å². The molecular weight excluding hydrogens is 402 g/mol. The van der Waals surface area contributed by atoms with E-state index in [1.807, 2.05) is 54.6 Å². The molecule has 0 bridgehead atoms. The van der Waals surface area contributed by atoms with Crippen LogP contribution in [0.3, 0.4) is 0 Å². The lowest BCUT2D eigenvalue weighted by Gasteiger charge is -2.30. The highest BCUT2D eigenvalue weighted by atomic mass is 16.5. The Hall–Kier alpha value is -4.05. The molecule has 0 spiro atoms. The summed E-state index contributed by atoms with van der Waals surface area (Å²) in [6.07, 6.45) is 10.3. The van der Waals surface area contributed by atoms with Gasteiger partial charge in [0.2, 0.25) is 0 Å². The van der Waals surface area contributed by atoms with Crippen molar-refractivity contribution in [3.8, 4) is 35.0 Å². The zero-order valence-corrected chi connectivity index (χ0v) is 17.6. The smallest absolute Gasteiger partial charge is 0.295 e. The van der Waals surface area contributed by atoms with Crippen LogP contribution >= 0.6 is 0 Å². The second kappa shape index (κ2) is 9.84. The Morgan fingerprint density at radius 2 is 1.75 bits per heavy atom. The first kappa shape index (κ1) is 21.2. The van der Waals surface area contributed by atoms with Crippen molar-refractivity contribution in [2.24, 2.45) is 0 Å². The number of nitrogen functional groups attached to an aromatic ring is 1. The maximum Gasteiger partial charge on any atom is 0.295 e. The highest BCUT2D eigenvalue weighted by Crippen LogP contribution is 2.34. The maximum absolute atomic E-state index is 11.6. The van der Waals surface area contributed by atoms with Crippen molar-refractivity contribution < 1.29 is 9.53 Å². The van der Waals surface area contributed by atoms with Gasteiger partial charge in [-0.1, -0.05) is 30.3 Å². The van der Waals surface area contributed by atoms with Crippen LogP contribution in [0.2, 0.25) is 0 Å². The molecule has 7 heteroatoms. The molecule has 0 saturated heterocycles. The first-order valence-corrected chi connectivity index (χ1v) is 10.6. The van der Waals surface area contributed by atoms with Crippen molar-refractivity contribution in [3.05, 3.63) is 60.9 Å². The van der Waals surface area contributed by atoms with E-state index in [0.29, 0.717) is 11.6 Å². The number of amides is 1. The van der Waals surface area contributed by atoms with Crippen LogP contribution in [0, 0.1) is 12.3 Å². The third-order valence-corrected chi connectivity index (χ3v) is 5.48. The van der Waals surface area contributed by atoms with Gasteiger partial charge < -0.3 is 21.1 Å². The van der Waals surface area contributed by atoms with Crippen molar-refractivity contribution in [3.63, 3.8) is 0 Å². The van der Waals surface area contributed by atoms with Gasteiger partial charge in [0.25, 0.3) is 5.91 Å². The van der Waals surface area contributed by atoms with E-state index in [1.54, 1.807) is 0 Å². The van der Waals surface area contributed by atoms with Crippen molar-refractivity contribution >= 4 is 17.5 Å². The molecule has 0 radical (unpaired) electrons. The van der Waals surface area contributed by atoms with Gasteiger partial charge in [0, 0.05) is 12.1 Å². The summed E-state index contributed by atoms with van der Waals surface area (Å²) in [5, 5.41) is 6.38. The molecule has 7 nitrogen and oxygen atoms in total. The number of benzene rings is 2. The van der Waals surface area contributed by atoms with Crippen molar-refractivity contribution in [2.75, 3.05) is 11.1 Å². The van der Waals surface area contributed by atoms with Gasteiger partial charge in [-0.25, -0.2) is 9.97 Å². The molecule has 3 aromatic rings. The lowest BCUT2D eigenvalue weighted by Crippen LogP contribution is -2.41. The lowest BCUT2D eigenvalue weighted by atomic mass is 9.90. The Morgan fingerprint density at radius 3 is 2.50 bits per heavy atom. The minimum absolute atomic E-state index is 0.0434. The minimum Gasteiger partial charge on any atom is -0.457 e. The van der Waals surface area contributed by atoms with E-state index in [-0.39, 0.29) is 18.0 Å². The number of para-hydroxylation sites is 1. The Morgan fingerprint density at radius 1 is 1.03 bits per heavy atom. The largest absolute Gasteiger partial charge is 0.457 e. The van der Waals surface area contributed by atoms with E-state index in [2.05, 4.69) is 26.5 Å². The number of nitrogens with zero attached hydrogens (tertiary/aromatic N) is 2. The number of aromatic nitrogens is 2. The van der Waals surface area contributed by atoms with Gasteiger partial charge in [0.15, 0.2) is 0 Å². The first-order chi connectivity index (χ1) is 15.6. The molecule has 2 aromatic carbocycles. The van der Waals surface area contributed by atoms with E-state index in [4.69, 9.17) is 16.9 Å². The van der Waals surface area contributed by atoms with E-state index in [9.17, 15) is 4.79 Å². The zero-order chi connectivity index (χ0) is 22.3. The summed E-state index contributed by atoms with van der Waals surface area (Å²) in [6, 6.07) is 17.5. The minimum atomic E-state index is -0.375. The normalized spacial score (nSPS) is 17.7. The summed E-state index contributed by atoms with van der Waals surface area (Å²) in [4.78, 5) is 20.2. The number of nitrogens with two attached hydrogens (primary N) is 1. The van der Waals surface area contributed by atoms with Crippen molar-refractivity contribution in [1.29, 1.82) is 0 Å². The van der Waals surface area contributed by atoms with Crippen LogP contribution in [-0.4, -0.2) is 28.0 Å². The molecule has 2 atom stereocenters. The van der Waals surface area contributed by atoms with Gasteiger partial charge in [-0.2, -0.15) is 0 Å². The second-order valence-electron chi connectivity index (χ2n) is 7.74. The monoisotopic (exact) mass is 427 g/mol. The van der Waals surface area contributed by atoms with Crippen LogP contribution in [0.15, 0.2) is 60.9 Å². The third-order valence-electron chi connectivity index (χ3n) is 5.48. The maximum atomic E-state index is 11.6. The highest BCUT2D eigenvalue weighted by Gasteiger charge is 2.24. The molecule has 32 heavy (non-hydrogen) atoms. The van der Waals surface area contributed by atoms with Crippen molar-refractivity contribution in [1.82, 2.24) is 15.3 Å². The number of carbonyl (C=O) groups excluding carboxylic acids is 1. The number of anilines is 2. The molecule has 1 aliphatic rings. The summed E-state index contributed by atoms with van der Waals surface area (Å²) in [5.74, 6) is 4.31. The number of carbonyl (C=O) groups is 1. The van der Waals surface area contributed by atoms with Gasteiger partial charge in [-0.3, -0.25) is 4.79 Å². The number of ether oxygens (including phenoxy) is 1. The zero-order valence-electron chi connectivity index (χ0n) is 17.6. The molecule has 1 amide bonds. The van der Waals surface area contributed by atoms with Gasteiger partial charge in [-0.05, 0) is 61.4 Å². The van der Waals surface area contributed by atoms with Gasteiger partial charge >= 0.3 is 0 Å². The molecule has 1 aromatic heterocycles. The number of terminal acetylenes is 1. The molecule has 1 aliphatic carbocycles. The van der Waals surface area contributed by atoms with E-state index >= 15 is 0 Å². The average molecular weight is 428 g/mol. The molecule has 2 unspecified atom stereocenters. The molecule has 0 aliphatic heterocycles. The Labute approximate surface area is 187 Å². The number of rotatable bonds is 6. The number of hydrogen-bond donors (Lipinski definition) is 3. The molecule has 162 valence electrons. The van der Waals surface area contributed by atoms with Crippen LogP contribution in [0.25, 0.3) is 11.1 Å². The summed E-state index contributed by atoms with van der Waals surface area (Å²) >= 11 is 0. The highest BCUT2D eigenvalue weighted by molar-refractivity contribution is 5.93. The van der Waals surface area contributed by atoms with Crippen LogP contribution in [0.4, 0.5) is 11.6 Å². The molecule has 1 heterocycles. The molecule has 1 fully saturated rings. The summed E-state index contributed by atoms with van der Waals surface area (Å²) in [7, 11) is 0. The number of hydrogen-bond acceptors (Lipinski definition) is 6.